The average Bonchev–Trinajstić information content (AvgIpc) is 2.61. The third kappa shape index (κ3) is 2.44. The summed E-state index contributed by atoms with van der Waals surface area (Å²) in [5, 5.41) is 4.33. The van der Waals surface area contributed by atoms with Crippen LogP contribution in [0.1, 0.15) is 5.82 Å². The van der Waals surface area contributed by atoms with Gasteiger partial charge in [-0.05, 0) is 6.07 Å². The van der Waals surface area contributed by atoms with Crippen LogP contribution in [0.2, 0.25) is 5.15 Å². The normalized spacial score (nSPS) is 10.3. The van der Waals surface area contributed by atoms with E-state index in [0.717, 1.165) is 5.82 Å². The molecule has 0 aliphatic heterocycles. The molecular weight excluding hydrogens is 216 g/mol. The molecule has 6 heteroatoms. The lowest BCUT2D eigenvalue weighted by atomic mass is 10.5. The van der Waals surface area contributed by atoms with Crippen molar-refractivity contribution in [2.75, 3.05) is 0 Å². The second kappa shape index (κ2) is 4.27. The Morgan fingerprint density at radius 1 is 1.47 bits per heavy atom. The lowest BCUT2D eigenvalue weighted by molar-refractivity contribution is 0.278. The minimum atomic E-state index is 0.323. The molecule has 0 aromatic carbocycles. The topological polar surface area (TPSA) is 52.8 Å². The number of aromatic nitrogens is 4. The SMILES string of the molecule is Cn1ncnc1COc1cccc(Cl)n1. The molecule has 0 atom stereocenters. The van der Waals surface area contributed by atoms with Crippen LogP contribution < -0.4 is 4.74 Å². The quantitative estimate of drug-likeness (QED) is 0.741. The number of halogens is 1. The van der Waals surface area contributed by atoms with Crippen molar-refractivity contribution >= 4 is 11.6 Å². The van der Waals surface area contributed by atoms with Crippen molar-refractivity contribution in [1.29, 1.82) is 0 Å². The van der Waals surface area contributed by atoms with Crippen LogP contribution in [0, 0.1) is 0 Å². The van der Waals surface area contributed by atoms with E-state index in [0.29, 0.717) is 17.6 Å². The van der Waals surface area contributed by atoms with Crippen LogP contribution in [0.3, 0.4) is 0 Å². The van der Waals surface area contributed by atoms with Crippen molar-refractivity contribution in [2.24, 2.45) is 7.05 Å². The monoisotopic (exact) mass is 224 g/mol. The number of rotatable bonds is 3. The molecule has 0 unspecified atom stereocenters. The largest absolute Gasteiger partial charge is 0.469 e. The Morgan fingerprint density at radius 3 is 3.00 bits per heavy atom. The third-order valence-corrected chi connectivity index (χ3v) is 2.05. The Labute approximate surface area is 91.7 Å². The number of aryl methyl sites for hydroxylation is 1. The Morgan fingerprint density at radius 2 is 2.33 bits per heavy atom. The van der Waals surface area contributed by atoms with Gasteiger partial charge in [-0.1, -0.05) is 17.7 Å². The third-order valence-electron chi connectivity index (χ3n) is 1.84. The zero-order valence-electron chi connectivity index (χ0n) is 8.09. The number of hydrogen-bond donors (Lipinski definition) is 0. The summed E-state index contributed by atoms with van der Waals surface area (Å²) < 4.78 is 7.04. The molecule has 2 aromatic rings. The first kappa shape index (κ1) is 9.92. The van der Waals surface area contributed by atoms with Crippen molar-refractivity contribution in [3.8, 4) is 5.88 Å². The summed E-state index contributed by atoms with van der Waals surface area (Å²) >= 11 is 5.71. The van der Waals surface area contributed by atoms with E-state index in [9.17, 15) is 0 Å². The van der Waals surface area contributed by atoms with Gasteiger partial charge in [0.05, 0.1) is 0 Å². The molecule has 0 aliphatic rings. The number of hydrogen-bond acceptors (Lipinski definition) is 4. The lowest BCUT2D eigenvalue weighted by Crippen LogP contribution is -2.05. The van der Waals surface area contributed by atoms with Gasteiger partial charge >= 0.3 is 0 Å². The van der Waals surface area contributed by atoms with E-state index in [1.807, 2.05) is 0 Å². The van der Waals surface area contributed by atoms with E-state index in [4.69, 9.17) is 16.3 Å². The van der Waals surface area contributed by atoms with Gasteiger partial charge in [0.25, 0.3) is 0 Å². The summed E-state index contributed by atoms with van der Waals surface area (Å²) in [6.07, 6.45) is 1.48. The van der Waals surface area contributed by atoms with Gasteiger partial charge in [-0.25, -0.2) is 9.97 Å². The molecule has 0 radical (unpaired) electrons. The van der Waals surface area contributed by atoms with Crippen molar-refractivity contribution in [1.82, 2.24) is 19.7 Å². The molecule has 2 heterocycles. The van der Waals surface area contributed by atoms with Gasteiger partial charge in [-0.15, -0.1) is 0 Å². The average molecular weight is 225 g/mol. The van der Waals surface area contributed by atoms with Crippen LogP contribution in [0.25, 0.3) is 0 Å². The van der Waals surface area contributed by atoms with Gasteiger partial charge in [0, 0.05) is 13.1 Å². The van der Waals surface area contributed by atoms with Gasteiger partial charge in [0.2, 0.25) is 5.88 Å². The highest BCUT2D eigenvalue weighted by Gasteiger charge is 2.02. The minimum Gasteiger partial charge on any atom is -0.469 e. The highest BCUT2D eigenvalue weighted by molar-refractivity contribution is 6.29. The second-order valence-electron chi connectivity index (χ2n) is 2.89. The van der Waals surface area contributed by atoms with Crippen LogP contribution in [0.4, 0.5) is 0 Å². The van der Waals surface area contributed by atoms with Gasteiger partial charge in [-0.2, -0.15) is 5.10 Å². The molecule has 0 spiro atoms. The van der Waals surface area contributed by atoms with E-state index in [1.54, 1.807) is 29.9 Å². The Hall–Kier alpha value is -1.62. The first-order valence-corrected chi connectivity index (χ1v) is 4.72. The molecule has 0 saturated carbocycles. The maximum absolute atomic E-state index is 5.71. The van der Waals surface area contributed by atoms with E-state index in [2.05, 4.69) is 15.1 Å². The molecule has 0 aliphatic carbocycles. The summed E-state index contributed by atoms with van der Waals surface area (Å²) in [4.78, 5) is 8.01. The fourth-order valence-electron chi connectivity index (χ4n) is 1.06. The van der Waals surface area contributed by atoms with Gasteiger partial charge in [0.1, 0.15) is 18.1 Å². The number of nitrogens with zero attached hydrogens (tertiary/aromatic N) is 4. The molecule has 0 amide bonds. The highest BCUT2D eigenvalue weighted by Crippen LogP contribution is 2.12. The molecular formula is C9H9ClN4O. The van der Waals surface area contributed by atoms with Crippen LogP contribution >= 0.6 is 11.6 Å². The van der Waals surface area contributed by atoms with Crippen LogP contribution in [0.5, 0.6) is 5.88 Å². The number of ether oxygens (including phenoxy) is 1. The smallest absolute Gasteiger partial charge is 0.215 e. The standard InChI is InChI=1S/C9H9ClN4O/c1-14-8(11-6-12-14)5-15-9-4-2-3-7(10)13-9/h2-4,6H,5H2,1H3. The first-order valence-electron chi connectivity index (χ1n) is 4.34. The molecule has 5 nitrogen and oxygen atoms in total. The van der Waals surface area contributed by atoms with Crippen molar-refractivity contribution in [3.63, 3.8) is 0 Å². The van der Waals surface area contributed by atoms with Crippen LogP contribution in [-0.2, 0) is 13.7 Å². The molecule has 0 bridgehead atoms. The zero-order chi connectivity index (χ0) is 10.7. The molecule has 0 N–H and O–H groups in total. The van der Waals surface area contributed by atoms with Gasteiger partial charge < -0.3 is 4.74 Å². The summed E-state index contributed by atoms with van der Waals surface area (Å²) in [7, 11) is 1.80. The second-order valence-corrected chi connectivity index (χ2v) is 3.27. The molecule has 78 valence electrons. The molecule has 0 saturated heterocycles. The minimum absolute atomic E-state index is 0.323. The summed E-state index contributed by atoms with van der Waals surface area (Å²) in [5.41, 5.74) is 0. The van der Waals surface area contributed by atoms with Gasteiger partial charge in [-0.3, -0.25) is 4.68 Å². The Bertz CT molecular complexity index is 457. The fourth-order valence-corrected chi connectivity index (χ4v) is 1.22. The first-order chi connectivity index (χ1) is 7.25. The van der Waals surface area contributed by atoms with Crippen LogP contribution in [-0.4, -0.2) is 19.7 Å². The highest BCUT2D eigenvalue weighted by atomic mass is 35.5. The molecule has 0 fully saturated rings. The van der Waals surface area contributed by atoms with E-state index < -0.39 is 0 Å². The molecule has 2 rings (SSSR count). The molecule has 2 aromatic heterocycles. The fraction of sp³-hybridized carbons (Fsp3) is 0.222. The van der Waals surface area contributed by atoms with E-state index in [-0.39, 0.29) is 0 Å². The summed E-state index contributed by atoms with van der Waals surface area (Å²) in [6.45, 7) is 0.323. The number of pyridine rings is 1. The van der Waals surface area contributed by atoms with E-state index in [1.165, 1.54) is 6.33 Å². The zero-order valence-corrected chi connectivity index (χ0v) is 8.85. The molecule has 15 heavy (non-hydrogen) atoms. The Balaban J connectivity index is 2.02. The maximum atomic E-state index is 5.71. The van der Waals surface area contributed by atoms with E-state index >= 15 is 0 Å². The van der Waals surface area contributed by atoms with Crippen molar-refractivity contribution < 1.29 is 4.74 Å². The summed E-state index contributed by atoms with van der Waals surface area (Å²) in [5.74, 6) is 1.21. The van der Waals surface area contributed by atoms with Crippen LogP contribution in [0.15, 0.2) is 24.5 Å². The van der Waals surface area contributed by atoms with Gasteiger partial charge in [0.15, 0.2) is 5.82 Å². The van der Waals surface area contributed by atoms with Crippen molar-refractivity contribution in [3.05, 3.63) is 35.5 Å². The summed E-state index contributed by atoms with van der Waals surface area (Å²) in [6, 6.07) is 5.21. The lowest BCUT2D eigenvalue weighted by Gasteiger charge is -2.04. The van der Waals surface area contributed by atoms with Crippen molar-refractivity contribution in [2.45, 2.75) is 6.61 Å². The predicted molar refractivity (Wildman–Crippen MR) is 54.6 cm³/mol. The Kier molecular flexibility index (Phi) is 2.82. The maximum Gasteiger partial charge on any atom is 0.215 e. The predicted octanol–water partition coefficient (Wildman–Crippen LogP) is 1.44.